The highest BCUT2D eigenvalue weighted by Gasteiger charge is 2.08. The fourth-order valence-electron chi connectivity index (χ4n) is 1.48. The van der Waals surface area contributed by atoms with Crippen molar-refractivity contribution in [1.29, 1.82) is 0 Å². The lowest BCUT2D eigenvalue weighted by atomic mass is 10.3. The van der Waals surface area contributed by atoms with E-state index < -0.39 is 0 Å². The summed E-state index contributed by atoms with van der Waals surface area (Å²) in [6.45, 7) is 3.84. The summed E-state index contributed by atoms with van der Waals surface area (Å²) >= 11 is 3.18. The highest BCUT2D eigenvalue weighted by molar-refractivity contribution is 7.98. The van der Waals surface area contributed by atoms with Gasteiger partial charge in [-0.25, -0.2) is 9.78 Å². The summed E-state index contributed by atoms with van der Waals surface area (Å²) in [5.74, 6) is 0. The lowest BCUT2D eigenvalue weighted by molar-refractivity contribution is 0.250. The number of urea groups is 1. The van der Waals surface area contributed by atoms with E-state index in [4.69, 9.17) is 0 Å². The maximum absolute atomic E-state index is 11.6. The molecule has 1 heterocycles. The van der Waals surface area contributed by atoms with Gasteiger partial charge < -0.3 is 5.32 Å². The molecule has 0 atom stereocenters. The fourth-order valence-corrected chi connectivity index (χ4v) is 2.90. The number of aromatic nitrogens is 1. The van der Waals surface area contributed by atoms with E-state index >= 15 is 0 Å². The summed E-state index contributed by atoms with van der Waals surface area (Å²) in [6, 6.07) is 5.99. The molecular formula is C12H15N3OS2. The molecule has 0 unspecified atom stereocenters. The first-order chi connectivity index (χ1) is 8.58. The van der Waals surface area contributed by atoms with E-state index in [2.05, 4.69) is 21.7 Å². The lowest BCUT2D eigenvalue weighted by Gasteiger charge is -2.07. The minimum atomic E-state index is -0.214. The molecule has 0 saturated carbocycles. The SMILES string of the molecule is CSc1ccc2nc(NC(=O)NC(C)C)sc2c1. The van der Waals surface area contributed by atoms with Gasteiger partial charge in [0.1, 0.15) is 0 Å². The molecule has 1 aromatic heterocycles. The number of carbonyl (C=O) groups excluding carboxylic acids is 1. The Hall–Kier alpha value is -1.27. The summed E-state index contributed by atoms with van der Waals surface area (Å²) < 4.78 is 1.08. The second kappa shape index (κ2) is 5.58. The molecule has 0 aliphatic heterocycles. The van der Waals surface area contributed by atoms with Crippen molar-refractivity contribution in [1.82, 2.24) is 10.3 Å². The number of rotatable bonds is 3. The standard InChI is InChI=1S/C12H15N3OS2/c1-7(2)13-11(16)15-12-14-9-5-4-8(17-3)6-10(9)18-12/h4-7H,1-3H3,(H2,13,14,15,16). The van der Waals surface area contributed by atoms with Gasteiger partial charge in [-0.05, 0) is 38.3 Å². The summed E-state index contributed by atoms with van der Waals surface area (Å²) in [4.78, 5) is 17.1. The Balaban J connectivity index is 2.17. The van der Waals surface area contributed by atoms with Crippen molar-refractivity contribution in [3.05, 3.63) is 18.2 Å². The molecule has 6 heteroatoms. The van der Waals surface area contributed by atoms with E-state index in [9.17, 15) is 4.79 Å². The number of hydrogen-bond acceptors (Lipinski definition) is 4. The summed E-state index contributed by atoms with van der Waals surface area (Å²) in [5, 5.41) is 6.15. The minimum Gasteiger partial charge on any atom is -0.336 e. The highest BCUT2D eigenvalue weighted by atomic mass is 32.2. The Bertz CT molecular complexity index is 565. The zero-order valence-electron chi connectivity index (χ0n) is 10.5. The number of fused-ring (bicyclic) bond motifs is 1. The number of thioether (sulfide) groups is 1. The monoisotopic (exact) mass is 281 g/mol. The summed E-state index contributed by atoms with van der Waals surface area (Å²) in [6.07, 6.45) is 2.04. The van der Waals surface area contributed by atoms with Gasteiger partial charge in [-0.2, -0.15) is 0 Å². The van der Waals surface area contributed by atoms with Gasteiger partial charge in [0.05, 0.1) is 10.2 Å². The number of hydrogen-bond donors (Lipinski definition) is 2. The molecule has 1 aromatic carbocycles. The van der Waals surface area contributed by atoms with Crippen molar-refractivity contribution < 1.29 is 4.79 Å². The largest absolute Gasteiger partial charge is 0.336 e. The second-order valence-electron chi connectivity index (χ2n) is 4.11. The Labute approximate surface area is 114 Å². The maximum atomic E-state index is 11.6. The van der Waals surface area contributed by atoms with Crippen LogP contribution in [0.4, 0.5) is 9.93 Å². The van der Waals surface area contributed by atoms with Crippen LogP contribution >= 0.6 is 23.1 Å². The van der Waals surface area contributed by atoms with Gasteiger partial charge in [-0.3, -0.25) is 5.32 Å². The van der Waals surface area contributed by atoms with Crippen LogP contribution in [0.1, 0.15) is 13.8 Å². The molecule has 0 aliphatic carbocycles. The van der Waals surface area contributed by atoms with Gasteiger partial charge in [-0.15, -0.1) is 11.8 Å². The molecule has 0 bridgehead atoms. The van der Waals surface area contributed by atoms with Crippen LogP contribution in [0, 0.1) is 0 Å². The van der Waals surface area contributed by atoms with Crippen molar-refractivity contribution in [2.75, 3.05) is 11.6 Å². The average molecular weight is 281 g/mol. The van der Waals surface area contributed by atoms with E-state index in [1.165, 1.54) is 16.2 Å². The summed E-state index contributed by atoms with van der Waals surface area (Å²) in [5.41, 5.74) is 0.914. The van der Waals surface area contributed by atoms with Crippen LogP contribution in [0.25, 0.3) is 10.2 Å². The van der Waals surface area contributed by atoms with E-state index in [1.54, 1.807) is 11.8 Å². The predicted octanol–water partition coefficient (Wildman–Crippen LogP) is 3.55. The van der Waals surface area contributed by atoms with Gasteiger partial charge >= 0.3 is 6.03 Å². The topological polar surface area (TPSA) is 54.0 Å². The van der Waals surface area contributed by atoms with Crippen LogP contribution in [0.5, 0.6) is 0 Å². The molecule has 0 aliphatic rings. The maximum Gasteiger partial charge on any atom is 0.321 e. The van der Waals surface area contributed by atoms with Crippen molar-refractivity contribution in [2.45, 2.75) is 24.8 Å². The van der Waals surface area contributed by atoms with Crippen molar-refractivity contribution >= 4 is 44.5 Å². The zero-order valence-corrected chi connectivity index (χ0v) is 12.1. The molecule has 0 fully saturated rings. The third-order valence-electron chi connectivity index (χ3n) is 2.24. The molecule has 2 N–H and O–H groups in total. The summed E-state index contributed by atoms with van der Waals surface area (Å²) in [7, 11) is 0. The van der Waals surface area contributed by atoms with Crippen LogP contribution in [-0.2, 0) is 0 Å². The van der Waals surface area contributed by atoms with Gasteiger partial charge in [0.2, 0.25) is 0 Å². The third-order valence-corrected chi connectivity index (χ3v) is 3.89. The molecule has 96 valence electrons. The number of nitrogens with one attached hydrogen (secondary N) is 2. The van der Waals surface area contributed by atoms with E-state index in [0.717, 1.165) is 10.2 Å². The van der Waals surface area contributed by atoms with Crippen molar-refractivity contribution in [3.63, 3.8) is 0 Å². The first-order valence-electron chi connectivity index (χ1n) is 5.60. The van der Waals surface area contributed by atoms with Gasteiger partial charge in [0, 0.05) is 10.9 Å². The van der Waals surface area contributed by atoms with E-state index in [1.807, 2.05) is 32.2 Å². The Morgan fingerprint density at radius 3 is 2.89 bits per heavy atom. The van der Waals surface area contributed by atoms with E-state index in [0.29, 0.717) is 5.13 Å². The number of nitrogens with zero attached hydrogens (tertiary/aromatic N) is 1. The van der Waals surface area contributed by atoms with Crippen LogP contribution in [0.15, 0.2) is 23.1 Å². The molecule has 0 radical (unpaired) electrons. The first kappa shape index (κ1) is 13.2. The molecule has 2 amide bonds. The van der Waals surface area contributed by atoms with Gasteiger partial charge in [0.15, 0.2) is 5.13 Å². The fraction of sp³-hybridized carbons (Fsp3) is 0.333. The van der Waals surface area contributed by atoms with Crippen LogP contribution in [0.3, 0.4) is 0 Å². The molecule has 0 saturated heterocycles. The number of benzene rings is 1. The Morgan fingerprint density at radius 2 is 2.22 bits per heavy atom. The molecular weight excluding hydrogens is 266 g/mol. The van der Waals surface area contributed by atoms with Crippen LogP contribution in [0.2, 0.25) is 0 Å². The first-order valence-corrected chi connectivity index (χ1v) is 7.64. The lowest BCUT2D eigenvalue weighted by Crippen LogP contribution is -2.34. The van der Waals surface area contributed by atoms with Crippen LogP contribution in [-0.4, -0.2) is 23.3 Å². The Kier molecular flexibility index (Phi) is 4.08. The average Bonchev–Trinajstić information content (AvgIpc) is 2.68. The molecule has 2 aromatic rings. The minimum absolute atomic E-state index is 0.113. The number of carbonyl (C=O) groups is 1. The molecule has 4 nitrogen and oxygen atoms in total. The third kappa shape index (κ3) is 3.14. The molecule has 2 rings (SSSR count). The number of thiazole rings is 1. The highest BCUT2D eigenvalue weighted by Crippen LogP contribution is 2.29. The predicted molar refractivity (Wildman–Crippen MR) is 78.7 cm³/mol. The number of amides is 2. The Morgan fingerprint density at radius 1 is 1.44 bits per heavy atom. The smallest absolute Gasteiger partial charge is 0.321 e. The van der Waals surface area contributed by atoms with E-state index in [-0.39, 0.29) is 12.1 Å². The molecule has 0 spiro atoms. The van der Waals surface area contributed by atoms with Crippen molar-refractivity contribution in [2.24, 2.45) is 0 Å². The zero-order chi connectivity index (χ0) is 13.1. The number of anilines is 1. The molecule has 18 heavy (non-hydrogen) atoms. The quantitative estimate of drug-likeness (QED) is 0.846. The van der Waals surface area contributed by atoms with Crippen molar-refractivity contribution in [3.8, 4) is 0 Å². The van der Waals surface area contributed by atoms with Crippen LogP contribution < -0.4 is 10.6 Å². The normalized spacial score (nSPS) is 10.9. The van der Waals surface area contributed by atoms with Gasteiger partial charge in [0.25, 0.3) is 0 Å². The van der Waals surface area contributed by atoms with Gasteiger partial charge in [-0.1, -0.05) is 11.3 Å². The second-order valence-corrected chi connectivity index (χ2v) is 6.02.